The number of pyridine rings is 1. The second kappa shape index (κ2) is 4.51. The van der Waals surface area contributed by atoms with Gasteiger partial charge < -0.3 is 5.73 Å². The first-order chi connectivity index (χ1) is 6.18. The van der Waals surface area contributed by atoms with E-state index in [1.807, 2.05) is 12.1 Å². The van der Waals surface area contributed by atoms with E-state index < -0.39 is 0 Å². The SMILES string of the molecule is CC(C)CC#Cc1cccc(N)n1. The Morgan fingerprint density at radius 2 is 2.23 bits per heavy atom. The third kappa shape index (κ3) is 3.62. The molecule has 0 atom stereocenters. The molecule has 13 heavy (non-hydrogen) atoms. The molecule has 0 saturated heterocycles. The zero-order chi connectivity index (χ0) is 9.68. The molecule has 0 amide bonds. The van der Waals surface area contributed by atoms with Gasteiger partial charge in [0.2, 0.25) is 0 Å². The summed E-state index contributed by atoms with van der Waals surface area (Å²) in [5.41, 5.74) is 6.26. The van der Waals surface area contributed by atoms with Crippen LogP contribution in [0.15, 0.2) is 18.2 Å². The van der Waals surface area contributed by atoms with Crippen molar-refractivity contribution in [3.05, 3.63) is 23.9 Å². The summed E-state index contributed by atoms with van der Waals surface area (Å²) in [6, 6.07) is 5.49. The Bertz CT molecular complexity index is 331. The average Bonchev–Trinajstić information content (AvgIpc) is 2.03. The molecule has 0 unspecified atom stereocenters. The lowest BCUT2D eigenvalue weighted by molar-refractivity contribution is 0.676. The largest absolute Gasteiger partial charge is 0.384 e. The van der Waals surface area contributed by atoms with Gasteiger partial charge in [0.15, 0.2) is 0 Å². The molecule has 0 spiro atoms. The number of nitrogens with zero attached hydrogens (tertiary/aromatic N) is 1. The van der Waals surface area contributed by atoms with Crippen LogP contribution in [0.3, 0.4) is 0 Å². The molecule has 0 fully saturated rings. The second-order valence-corrected chi connectivity index (χ2v) is 3.35. The molecule has 2 heteroatoms. The van der Waals surface area contributed by atoms with Gasteiger partial charge in [-0.1, -0.05) is 25.8 Å². The molecule has 1 aromatic heterocycles. The van der Waals surface area contributed by atoms with Crippen molar-refractivity contribution < 1.29 is 0 Å². The van der Waals surface area contributed by atoms with Gasteiger partial charge in [-0.15, -0.1) is 0 Å². The third-order valence-corrected chi connectivity index (χ3v) is 1.50. The van der Waals surface area contributed by atoms with E-state index in [0.717, 1.165) is 12.1 Å². The predicted octanol–water partition coefficient (Wildman–Crippen LogP) is 2.06. The normalized spacial score (nSPS) is 9.46. The fourth-order valence-electron chi connectivity index (χ4n) is 0.867. The quantitative estimate of drug-likeness (QED) is 0.662. The van der Waals surface area contributed by atoms with E-state index in [0.29, 0.717) is 11.7 Å². The van der Waals surface area contributed by atoms with E-state index in [1.165, 1.54) is 0 Å². The van der Waals surface area contributed by atoms with Crippen molar-refractivity contribution in [3.63, 3.8) is 0 Å². The van der Waals surface area contributed by atoms with Gasteiger partial charge in [-0.3, -0.25) is 0 Å². The van der Waals surface area contributed by atoms with Crippen LogP contribution in [0.5, 0.6) is 0 Å². The van der Waals surface area contributed by atoms with Crippen molar-refractivity contribution in [2.45, 2.75) is 20.3 Å². The number of anilines is 1. The fourth-order valence-corrected chi connectivity index (χ4v) is 0.867. The second-order valence-electron chi connectivity index (χ2n) is 3.35. The number of rotatable bonds is 1. The van der Waals surface area contributed by atoms with Crippen molar-refractivity contribution in [1.29, 1.82) is 0 Å². The standard InChI is InChI=1S/C11H14N2/c1-9(2)5-3-6-10-7-4-8-11(12)13-10/h4,7-9H,5H2,1-2H3,(H2,12,13). The lowest BCUT2D eigenvalue weighted by atomic mass is 10.1. The van der Waals surface area contributed by atoms with Crippen LogP contribution in [-0.4, -0.2) is 4.98 Å². The number of aromatic nitrogens is 1. The highest BCUT2D eigenvalue weighted by Gasteiger charge is 1.89. The van der Waals surface area contributed by atoms with Gasteiger partial charge in [-0.2, -0.15) is 0 Å². The van der Waals surface area contributed by atoms with Crippen LogP contribution < -0.4 is 5.73 Å². The van der Waals surface area contributed by atoms with Crippen molar-refractivity contribution >= 4 is 5.82 Å². The van der Waals surface area contributed by atoms with E-state index in [1.54, 1.807) is 6.07 Å². The smallest absolute Gasteiger partial charge is 0.124 e. The van der Waals surface area contributed by atoms with E-state index in [9.17, 15) is 0 Å². The van der Waals surface area contributed by atoms with E-state index in [-0.39, 0.29) is 0 Å². The van der Waals surface area contributed by atoms with E-state index >= 15 is 0 Å². The zero-order valence-electron chi connectivity index (χ0n) is 8.04. The van der Waals surface area contributed by atoms with Gasteiger partial charge in [0.05, 0.1) is 0 Å². The average molecular weight is 174 g/mol. The van der Waals surface area contributed by atoms with Crippen molar-refractivity contribution in [1.82, 2.24) is 4.98 Å². The molecular weight excluding hydrogens is 160 g/mol. The molecule has 68 valence electrons. The maximum absolute atomic E-state index is 5.51. The molecule has 0 bridgehead atoms. The highest BCUT2D eigenvalue weighted by molar-refractivity contribution is 5.36. The monoisotopic (exact) mass is 174 g/mol. The molecule has 1 aromatic rings. The highest BCUT2D eigenvalue weighted by Crippen LogP contribution is 2.00. The topological polar surface area (TPSA) is 38.9 Å². The van der Waals surface area contributed by atoms with Crippen LogP contribution in [-0.2, 0) is 0 Å². The lowest BCUT2D eigenvalue weighted by Gasteiger charge is -1.94. The van der Waals surface area contributed by atoms with Crippen LogP contribution >= 0.6 is 0 Å². The van der Waals surface area contributed by atoms with Crippen LogP contribution in [0.2, 0.25) is 0 Å². The molecule has 0 radical (unpaired) electrons. The fraction of sp³-hybridized carbons (Fsp3) is 0.364. The Kier molecular flexibility index (Phi) is 3.33. The Morgan fingerprint density at radius 3 is 2.85 bits per heavy atom. The molecule has 1 rings (SSSR count). The van der Waals surface area contributed by atoms with Crippen molar-refractivity contribution in [2.75, 3.05) is 5.73 Å². The van der Waals surface area contributed by atoms with Gasteiger partial charge >= 0.3 is 0 Å². The van der Waals surface area contributed by atoms with Crippen molar-refractivity contribution in [2.24, 2.45) is 5.92 Å². The summed E-state index contributed by atoms with van der Waals surface area (Å²) in [4.78, 5) is 4.07. The van der Waals surface area contributed by atoms with E-state index in [2.05, 4.69) is 30.7 Å². The van der Waals surface area contributed by atoms with Crippen LogP contribution in [0, 0.1) is 17.8 Å². The predicted molar refractivity (Wildman–Crippen MR) is 55.0 cm³/mol. The van der Waals surface area contributed by atoms with Crippen LogP contribution in [0.25, 0.3) is 0 Å². The van der Waals surface area contributed by atoms with Crippen molar-refractivity contribution in [3.8, 4) is 11.8 Å². The molecule has 0 aliphatic heterocycles. The summed E-state index contributed by atoms with van der Waals surface area (Å²) in [6.07, 6.45) is 0.899. The molecule has 2 nitrogen and oxygen atoms in total. The minimum atomic E-state index is 0.524. The summed E-state index contributed by atoms with van der Waals surface area (Å²) >= 11 is 0. The summed E-state index contributed by atoms with van der Waals surface area (Å²) in [7, 11) is 0. The number of nitrogen functional groups attached to an aromatic ring is 1. The first-order valence-electron chi connectivity index (χ1n) is 4.40. The van der Waals surface area contributed by atoms with E-state index in [4.69, 9.17) is 5.73 Å². The van der Waals surface area contributed by atoms with Gasteiger partial charge in [0.1, 0.15) is 11.5 Å². The van der Waals surface area contributed by atoms with Gasteiger partial charge in [0.25, 0.3) is 0 Å². The number of hydrogen-bond acceptors (Lipinski definition) is 2. The first-order valence-corrected chi connectivity index (χ1v) is 4.40. The van der Waals surface area contributed by atoms with Gasteiger partial charge in [-0.05, 0) is 24.0 Å². The Morgan fingerprint density at radius 1 is 1.46 bits per heavy atom. The molecule has 0 aliphatic carbocycles. The van der Waals surface area contributed by atoms with Gasteiger partial charge in [-0.25, -0.2) is 4.98 Å². The van der Waals surface area contributed by atoms with Crippen LogP contribution in [0.1, 0.15) is 26.0 Å². The Hall–Kier alpha value is -1.49. The summed E-state index contributed by atoms with van der Waals surface area (Å²) in [5.74, 6) is 7.17. The minimum Gasteiger partial charge on any atom is -0.384 e. The maximum Gasteiger partial charge on any atom is 0.124 e. The molecule has 0 aromatic carbocycles. The lowest BCUT2D eigenvalue weighted by Crippen LogP contribution is -1.91. The number of nitrogens with two attached hydrogens (primary N) is 1. The summed E-state index contributed by atoms with van der Waals surface area (Å²) < 4.78 is 0. The van der Waals surface area contributed by atoms with Crippen LogP contribution in [0.4, 0.5) is 5.82 Å². The molecule has 0 saturated carbocycles. The third-order valence-electron chi connectivity index (χ3n) is 1.50. The zero-order valence-corrected chi connectivity index (χ0v) is 8.04. The maximum atomic E-state index is 5.51. The van der Waals surface area contributed by atoms with Gasteiger partial charge in [0, 0.05) is 6.42 Å². The Balaban J connectivity index is 2.66. The highest BCUT2D eigenvalue weighted by atomic mass is 14.8. The Labute approximate surface area is 79.2 Å². The summed E-state index contributed by atoms with van der Waals surface area (Å²) in [5, 5.41) is 0. The molecule has 2 N–H and O–H groups in total. The number of hydrogen-bond donors (Lipinski definition) is 1. The molecule has 0 aliphatic rings. The summed E-state index contributed by atoms with van der Waals surface area (Å²) in [6.45, 7) is 4.28. The first kappa shape index (κ1) is 9.60. The minimum absolute atomic E-state index is 0.524. The molecular formula is C11H14N2. The molecule has 1 heterocycles.